The smallest absolute Gasteiger partial charge is 0.165 e. The van der Waals surface area contributed by atoms with Gasteiger partial charge in [-0.1, -0.05) is 37.3 Å². The number of pyridine rings is 1. The minimum atomic E-state index is -0.263. The third kappa shape index (κ3) is 2.49. The summed E-state index contributed by atoms with van der Waals surface area (Å²) in [4.78, 5) is 4.60. The van der Waals surface area contributed by atoms with Crippen LogP contribution in [0, 0.1) is 12.7 Å². The van der Waals surface area contributed by atoms with E-state index in [1.165, 1.54) is 12.1 Å². The largest absolute Gasteiger partial charge is 0.214 e. The SMILES string of the molecule is CCc1nc2ccc(-c3ccc(F)cc3)c(-n3ncc4cccc(C)c43)n2n1. The van der Waals surface area contributed by atoms with Gasteiger partial charge in [-0.3, -0.25) is 0 Å². The standard InChI is InChI=1S/C22H18FN5/c1-3-19-25-20-12-11-18(15-7-9-17(23)10-8-15)22(27(20)26-19)28-21-14(2)5-4-6-16(21)13-24-28/h4-13H,3H2,1-2H3. The Bertz CT molecular complexity index is 1310. The number of hydrogen-bond donors (Lipinski definition) is 0. The first-order valence-electron chi connectivity index (χ1n) is 9.24. The normalized spacial score (nSPS) is 11.5. The summed E-state index contributed by atoms with van der Waals surface area (Å²) in [6.07, 6.45) is 2.60. The Balaban J connectivity index is 1.90. The van der Waals surface area contributed by atoms with E-state index in [1.54, 1.807) is 12.1 Å². The van der Waals surface area contributed by atoms with Crippen LogP contribution in [0.1, 0.15) is 18.3 Å². The number of aromatic nitrogens is 5. The second-order valence-electron chi connectivity index (χ2n) is 6.80. The first-order valence-corrected chi connectivity index (χ1v) is 9.24. The highest BCUT2D eigenvalue weighted by atomic mass is 19.1. The second kappa shape index (κ2) is 6.27. The third-order valence-corrected chi connectivity index (χ3v) is 4.98. The highest BCUT2D eigenvalue weighted by Gasteiger charge is 2.18. The fraction of sp³-hybridized carbons (Fsp3) is 0.136. The predicted octanol–water partition coefficient (Wildman–Crippen LogP) is 4.75. The molecule has 0 spiro atoms. The first-order chi connectivity index (χ1) is 13.7. The fourth-order valence-electron chi connectivity index (χ4n) is 3.60. The van der Waals surface area contributed by atoms with E-state index < -0.39 is 0 Å². The van der Waals surface area contributed by atoms with E-state index in [0.717, 1.165) is 51.3 Å². The molecule has 0 radical (unpaired) electrons. The molecule has 28 heavy (non-hydrogen) atoms. The average molecular weight is 371 g/mol. The van der Waals surface area contributed by atoms with Crippen LogP contribution in [-0.4, -0.2) is 24.4 Å². The van der Waals surface area contributed by atoms with Crippen molar-refractivity contribution in [3.8, 4) is 16.9 Å². The molecule has 3 heterocycles. The number of aryl methyl sites for hydroxylation is 2. The van der Waals surface area contributed by atoms with Gasteiger partial charge in [-0.05, 0) is 42.3 Å². The van der Waals surface area contributed by atoms with E-state index in [9.17, 15) is 4.39 Å². The minimum Gasteiger partial charge on any atom is -0.214 e. The number of benzene rings is 2. The molecule has 0 aliphatic rings. The van der Waals surface area contributed by atoms with Crippen molar-refractivity contribution in [2.24, 2.45) is 0 Å². The fourth-order valence-corrected chi connectivity index (χ4v) is 3.60. The van der Waals surface area contributed by atoms with Crippen molar-refractivity contribution >= 4 is 16.6 Å². The Morgan fingerprint density at radius 2 is 1.82 bits per heavy atom. The molecule has 138 valence electrons. The molecule has 0 N–H and O–H groups in total. The molecule has 2 aromatic carbocycles. The van der Waals surface area contributed by atoms with Crippen molar-refractivity contribution in [1.29, 1.82) is 0 Å². The van der Waals surface area contributed by atoms with Gasteiger partial charge in [0.2, 0.25) is 0 Å². The van der Waals surface area contributed by atoms with Gasteiger partial charge < -0.3 is 0 Å². The number of hydrogen-bond acceptors (Lipinski definition) is 3. The van der Waals surface area contributed by atoms with E-state index in [1.807, 2.05) is 46.6 Å². The quantitative estimate of drug-likeness (QED) is 0.460. The van der Waals surface area contributed by atoms with E-state index in [4.69, 9.17) is 5.10 Å². The van der Waals surface area contributed by atoms with Gasteiger partial charge in [-0.25, -0.2) is 14.1 Å². The molecule has 0 atom stereocenters. The van der Waals surface area contributed by atoms with Gasteiger partial charge in [0.05, 0.1) is 11.7 Å². The Kier molecular flexibility index (Phi) is 3.72. The van der Waals surface area contributed by atoms with Crippen molar-refractivity contribution in [3.63, 3.8) is 0 Å². The maximum atomic E-state index is 13.5. The zero-order chi connectivity index (χ0) is 19.3. The first kappa shape index (κ1) is 16.6. The zero-order valence-electron chi connectivity index (χ0n) is 15.6. The molecular weight excluding hydrogens is 353 g/mol. The monoisotopic (exact) mass is 371 g/mol. The third-order valence-electron chi connectivity index (χ3n) is 4.98. The van der Waals surface area contributed by atoms with Gasteiger partial charge in [0.1, 0.15) is 5.82 Å². The molecule has 5 aromatic rings. The Hall–Kier alpha value is -3.54. The van der Waals surface area contributed by atoms with Crippen molar-refractivity contribution in [3.05, 3.63) is 78.0 Å². The van der Waals surface area contributed by atoms with Crippen molar-refractivity contribution in [2.75, 3.05) is 0 Å². The summed E-state index contributed by atoms with van der Waals surface area (Å²) in [5.74, 6) is 1.30. The van der Waals surface area contributed by atoms with Gasteiger partial charge in [-0.2, -0.15) is 9.61 Å². The number of para-hydroxylation sites is 1. The number of nitrogens with zero attached hydrogens (tertiary/aromatic N) is 5. The van der Waals surface area contributed by atoms with E-state index in [-0.39, 0.29) is 5.82 Å². The summed E-state index contributed by atoms with van der Waals surface area (Å²) >= 11 is 0. The minimum absolute atomic E-state index is 0.263. The Labute approximate surface area is 161 Å². The lowest BCUT2D eigenvalue weighted by Gasteiger charge is -2.13. The van der Waals surface area contributed by atoms with E-state index in [2.05, 4.69) is 23.1 Å². The molecular formula is C22H18FN5. The van der Waals surface area contributed by atoms with Crippen LogP contribution in [0.3, 0.4) is 0 Å². The zero-order valence-corrected chi connectivity index (χ0v) is 15.6. The van der Waals surface area contributed by atoms with Crippen molar-refractivity contribution in [2.45, 2.75) is 20.3 Å². The van der Waals surface area contributed by atoms with Crippen molar-refractivity contribution in [1.82, 2.24) is 24.4 Å². The van der Waals surface area contributed by atoms with Crippen LogP contribution in [0.2, 0.25) is 0 Å². The molecule has 0 fully saturated rings. The maximum absolute atomic E-state index is 13.5. The summed E-state index contributed by atoms with van der Waals surface area (Å²) in [6, 6.07) is 16.6. The van der Waals surface area contributed by atoms with Crippen molar-refractivity contribution < 1.29 is 4.39 Å². The summed E-state index contributed by atoms with van der Waals surface area (Å²) in [5.41, 5.74) is 4.70. The lowest BCUT2D eigenvalue weighted by Crippen LogP contribution is -2.08. The molecule has 3 aromatic heterocycles. The van der Waals surface area contributed by atoms with Crippen LogP contribution in [-0.2, 0) is 6.42 Å². The van der Waals surface area contributed by atoms with Crippen LogP contribution in [0.4, 0.5) is 4.39 Å². The maximum Gasteiger partial charge on any atom is 0.165 e. The summed E-state index contributed by atoms with van der Waals surface area (Å²) in [6.45, 7) is 4.10. The molecule has 0 aliphatic heterocycles. The van der Waals surface area contributed by atoms with Crippen LogP contribution >= 0.6 is 0 Å². The molecule has 5 nitrogen and oxygen atoms in total. The molecule has 0 saturated heterocycles. The Morgan fingerprint density at radius 1 is 1.00 bits per heavy atom. The van der Waals surface area contributed by atoms with Crippen LogP contribution < -0.4 is 0 Å². The molecule has 5 rings (SSSR count). The molecule has 0 bridgehead atoms. The van der Waals surface area contributed by atoms with Gasteiger partial charge >= 0.3 is 0 Å². The van der Waals surface area contributed by atoms with Gasteiger partial charge in [0.25, 0.3) is 0 Å². The number of rotatable bonds is 3. The molecule has 0 amide bonds. The summed E-state index contributed by atoms with van der Waals surface area (Å²) in [7, 11) is 0. The average Bonchev–Trinajstić information content (AvgIpc) is 3.32. The van der Waals surface area contributed by atoms with Crippen LogP contribution in [0.5, 0.6) is 0 Å². The second-order valence-corrected chi connectivity index (χ2v) is 6.80. The lowest BCUT2D eigenvalue weighted by molar-refractivity contribution is 0.628. The van der Waals surface area contributed by atoms with Gasteiger partial charge in [-0.15, -0.1) is 5.10 Å². The van der Waals surface area contributed by atoms with E-state index in [0.29, 0.717) is 0 Å². The molecule has 0 unspecified atom stereocenters. The van der Waals surface area contributed by atoms with E-state index >= 15 is 0 Å². The van der Waals surface area contributed by atoms with Crippen LogP contribution in [0.25, 0.3) is 33.5 Å². The topological polar surface area (TPSA) is 48.0 Å². The Morgan fingerprint density at radius 3 is 2.61 bits per heavy atom. The highest BCUT2D eigenvalue weighted by molar-refractivity contribution is 5.85. The van der Waals surface area contributed by atoms with Crippen LogP contribution in [0.15, 0.2) is 60.8 Å². The molecule has 0 aliphatic carbocycles. The summed E-state index contributed by atoms with van der Waals surface area (Å²) in [5, 5.41) is 10.4. The summed E-state index contributed by atoms with van der Waals surface area (Å²) < 4.78 is 17.2. The van der Waals surface area contributed by atoms with Gasteiger partial charge in [0, 0.05) is 17.4 Å². The lowest BCUT2D eigenvalue weighted by atomic mass is 10.1. The van der Waals surface area contributed by atoms with Gasteiger partial charge in [0.15, 0.2) is 17.3 Å². The number of fused-ring (bicyclic) bond motifs is 2. The molecule has 6 heteroatoms. The highest BCUT2D eigenvalue weighted by Crippen LogP contribution is 2.30. The predicted molar refractivity (Wildman–Crippen MR) is 107 cm³/mol. The number of halogens is 1. The molecule has 0 saturated carbocycles.